The molecule has 15 heteroatoms. The molecule has 0 saturated carbocycles. The lowest BCUT2D eigenvalue weighted by molar-refractivity contribution is 0.0504. The van der Waals surface area contributed by atoms with Crippen LogP contribution in [0, 0.1) is 11.6 Å². The van der Waals surface area contributed by atoms with Crippen molar-refractivity contribution >= 4 is 23.9 Å². The number of piperidine rings is 1. The lowest BCUT2D eigenvalue weighted by Crippen LogP contribution is -2.47. The van der Waals surface area contributed by atoms with Gasteiger partial charge in [-0.05, 0) is 76.4 Å². The second-order valence-electron chi connectivity index (χ2n) is 12.3. The molecule has 0 radical (unpaired) electrons. The van der Waals surface area contributed by atoms with Gasteiger partial charge in [0.05, 0.1) is 18.2 Å². The van der Waals surface area contributed by atoms with E-state index in [-0.39, 0.29) is 30.6 Å². The predicted octanol–water partition coefficient (Wildman–Crippen LogP) is 3.39. The molecular weight excluding hydrogens is 586 g/mol. The Morgan fingerprint density at radius 2 is 1.76 bits per heavy atom. The van der Waals surface area contributed by atoms with E-state index in [1.54, 1.807) is 30.5 Å². The largest absolute Gasteiger partial charge is 0.444 e. The minimum atomic E-state index is -0.732. The average Bonchev–Trinajstić information content (AvgIpc) is 3.66. The van der Waals surface area contributed by atoms with Crippen LogP contribution in [0.25, 0.3) is 0 Å². The number of alkyl carbamates (subject to hydrolysis) is 1. The highest BCUT2D eigenvalue weighted by Crippen LogP contribution is 2.32. The summed E-state index contributed by atoms with van der Waals surface area (Å²) in [6, 6.07) is 2.71. The van der Waals surface area contributed by atoms with Gasteiger partial charge in [0.2, 0.25) is 5.95 Å². The number of tetrazole rings is 1. The van der Waals surface area contributed by atoms with Crippen molar-refractivity contribution in [3.8, 4) is 0 Å². The molecule has 2 saturated heterocycles. The number of hydrogen-bond acceptors (Lipinski definition) is 10. The van der Waals surface area contributed by atoms with Crippen LogP contribution in [-0.2, 0) is 11.3 Å². The van der Waals surface area contributed by atoms with Gasteiger partial charge in [-0.2, -0.15) is 4.80 Å². The third-order valence-electron chi connectivity index (χ3n) is 8.06. The molecule has 2 amide bonds. The second kappa shape index (κ2) is 13.3. The molecule has 3 aromatic rings. The number of aryl methyl sites for hydroxylation is 1. The Labute approximate surface area is 260 Å². The molecule has 2 atom stereocenters. The highest BCUT2D eigenvalue weighted by Gasteiger charge is 2.39. The normalized spacial score (nSPS) is 19.1. The number of hydrogen-bond donors (Lipinski definition) is 1. The van der Waals surface area contributed by atoms with Gasteiger partial charge in [-0.25, -0.2) is 23.5 Å². The molecule has 0 spiro atoms. The van der Waals surface area contributed by atoms with Gasteiger partial charge in [-0.3, -0.25) is 4.79 Å². The van der Waals surface area contributed by atoms with Crippen molar-refractivity contribution in [1.29, 1.82) is 0 Å². The maximum atomic E-state index is 14.8. The first kappa shape index (κ1) is 32.0. The third kappa shape index (κ3) is 7.45. The molecular formula is C30H40F2N10O3. The second-order valence-corrected chi connectivity index (χ2v) is 12.3. The number of anilines is 2. The fourth-order valence-corrected chi connectivity index (χ4v) is 5.89. The molecule has 0 bridgehead atoms. The van der Waals surface area contributed by atoms with E-state index in [9.17, 15) is 18.4 Å². The van der Waals surface area contributed by atoms with Crippen molar-refractivity contribution in [3.05, 3.63) is 53.4 Å². The molecule has 0 aliphatic carbocycles. The maximum absolute atomic E-state index is 14.8. The zero-order valence-electron chi connectivity index (χ0n) is 26.3. The molecule has 2 aromatic heterocycles. The average molecular weight is 627 g/mol. The van der Waals surface area contributed by atoms with E-state index >= 15 is 0 Å². The van der Waals surface area contributed by atoms with E-state index in [1.807, 2.05) is 18.7 Å². The quantitative estimate of drug-likeness (QED) is 0.397. The summed E-state index contributed by atoms with van der Waals surface area (Å²) in [4.78, 5) is 42.3. The highest BCUT2D eigenvalue weighted by molar-refractivity contribution is 5.94. The van der Waals surface area contributed by atoms with Crippen LogP contribution in [0.2, 0.25) is 0 Å². The lowest BCUT2D eigenvalue weighted by atomic mass is 9.94. The number of benzene rings is 1. The van der Waals surface area contributed by atoms with Crippen LogP contribution >= 0.6 is 0 Å². The van der Waals surface area contributed by atoms with Gasteiger partial charge >= 0.3 is 6.09 Å². The van der Waals surface area contributed by atoms with Crippen molar-refractivity contribution in [2.75, 3.05) is 42.5 Å². The van der Waals surface area contributed by atoms with E-state index in [2.05, 4.69) is 35.6 Å². The third-order valence-corrected chi connectivity index (χ3v) is 8.06. The number of carbonyl (C=O) groups excluding carboxylic acids is 2. The SMILES string of the molecule is CCN(C(=O)c1cnc(N2C[C@H](NC(=O)OC(C)(C)C)[C@@H](c3cc(F)ccc3F)C2)nc1)C1CCN(c2nnn(CC)n2)CC1. The van der Waals surface area contributed by atoms with Gasteiger partial charge in [0.15, 0.2) is 0 Å². The van der Waals surface area contributed by atoms with Gasteiger partial charge in [0, 0.05) is 57.1 Å². The molecule has 1 aromatic carbocycles. The van der Waals surface area contributed by atoms with Crippen LogP contribution in [-0.4, -0.2) is 97.5 Å². The summed E-state index contributed by atoms with van der Waals surface area (Å²) in [6.45, 7) is 12.2. The summed E-state index contributed by atoms with van der Waals surface area (Å²) in [5, 5.41) is 15.4. The van der Waals surface area contributed by atoms with E-state index in [0.717, 1.165) is 31.0 Å². The molecule has 1 N–H and O–H groups in total. The Bertz CT molecular complexity index is 1490. The Balaban J connectivity index is 1.27. The summed E-state index contributed by atoms with van der Waals surface area (Å²) in [5.74, 6) is -1.00. The first-order chi connectivity index (χ1) is 21.5. The van der Waals surface area contributed by atoms with Crippen LogP contribution in [0.15, 0.2) is 30.6 Å². The number of nitrogens with one attached hydrogen (secondary N) is 1. The van der Waals surface area contributed by atoms with Crippen LogP contribution in [0.3, 0.4) is 0 Å². The Morgan fingerprint density at radius 1 is 1.04 bits per heavy atom. The van der Waals surface area contributed by atoms with Crippen molar-refractivity contribution in [2.24, 2.45) is 0 Å². The molecule has 13 nitrogen and oxygen atoms in total. The summed E-state index contributed by atoms with van der Waals surface area (Å²) in [6.07, 6.45) is 3.84. The summed E-state index contributed by atoms with van der Waals surface area (Å²) >= 11 is 0. The summed E-state index contributed by atoms with van der Waals surface area (Å²) in [7, 11) is 0. The van der Waals surface area contributed by atoms with Crippen LogP contribution in [0.1, 0.15) is 69.3 Å². The summed E-state index contributed by atoms with van der Waals surface area (Å²) < 4.78 is 34.4. The van der Waals surface area contributed by atoms with Crippen molar-refractivity contribution < 1.29 is 23.1 Å². The molecule has 4 heterocycles. The summed E-state index contributed by atoms with van der Waals surface area (Å²) in [5.41, 5.74) is -0.240. The standard InChI is InChI=1S/C30H40F2N10O3/c1-6-41(21-10-12-39(13-11-21)28-36-38-42(7-2)37-28)26(43)19-15-33-27(34-16-19)40-17-23(22-14-20(31)8-9-24(22)32)25(18-40)35-29(44)45-30(3,4)5/h8-9,14-16,21,23,25H,6-7,10-13,17-18H2,1-5H3,(H,35,44)/t23-,25+/m1/s1. The molecule has 45 heavy (non-hydrogen) atoms. The lowest BCUT2D eigenvalue weighted by Gasteiger charge is -2.37. The molecule has 5 rings (SSSR count). The number of rotatable bonds is 8. The van der Waals surface area contributed by atoms with E-state index in [4.69, 9.17) is 4.74 Å². The number of nitrogens with zero attached hydrogens (tertiary/aromatic N) is 9. The van der Waals surface area contributed by atoms with E-state index < -0.39 is 35.3 Å². The maximum Gasteiger partial charge on any atom is 0.407 e. The van der Waals surface area contributed by atoms with Crippen molar-refractivity contribution in [3.63, 3.8) is 0 Å². The van der Waals surface area contributed by atoms with Gasteiger partial charge in [0.1, 0.15) is 17.2 Å². The molecule has 2 aliphatic heterocycles. The fourth-order valence-electron chi connectivity index (χ4n) is 5.89. The number of carbonyl (C=O) groups is 2. The van der Waals surface area contributed by atoms with Gasteiger partial charge in [-0.15, -0.1) is 5.10 Å². The van der Waals surface area contributed by atoms with Crippen LogP contribution < -0.4 is 15.1 Å². The van der Waals surface area contributed by atoms with Gasteiger partial charge < -0.3 is 24.8 Å². The predicted molar refractivity (Wildman–Crippen MR) is 162 cm³/mol. The highest BCUT2D eigenvalue weighted by atomic mass is 19.1. The minimum Gasteiger partial charge on any atom is -0.444 e. The fraction of sp³-hybridized carbons (Fsp3) is 0.567. The minimum absolute atomic E-state index is 0.0415. The Morgan fingerprint density at radius 3 is 2.38 bits per heavy atom. The first-order valence-corrected chi connectivity index (χ1v) is 15.3. The van der Waals surface area contributed by atoms with Crippen molar-refractivity contribution in [1.82, 2.24) is 40.4 Å². The Kier molecular flexibility index (Phi) is 9.44. The molecule has 242 valence electrons. The molecule has 0 unspecified atom stereocenters. The van der Waals surface area contributed by atoms with Crippen LogP contribution in [0.5, 0.6) is 0 Å². The zero-order chi connectivity index (χ0) is 32.3. The zero-order valence-corrected chi connectivity index (χ0v) is 26.3. The van der Waals surface area contributed by atoms with Gasteiger partial charge in [-0.1, -0.05) is 5.10 Å². The number of halogens is 2. The van der Waals surface area contributed by atoms with Crippen molar-refractivity contribution in [2.45, 2.75) is 77.6 Å². The van der Waals surface area contributed by atoms with Crippen LogP contribution in [0.4, 0.5) is 25.5 Å². The monoisotopic (exact) mass is 626 g/mol. The van der Waals surface area contributed by atoms with Gasteiger partial charge in [0.25, 0.3) is 11.9 Å². The smallest absolute Gasteiger partial charge is 0.407 e. The van der Waals surface area contributed by atoms with E-state index in [0.29, 0.717) is 43.6 Å². The molecule has 2 fully saturated rings. The Hall–Kier alpha value is -4.43. The number of amides is 2. The molecule has 2 aliphatic rings. The topological polar surface area (TPSA) is 134 Å². The first-order valence-electron chi connectivity index (χ1n) is 15.3. The van der Waals surface area contributed by atoms with E-state index in [1.165, 1.54) is 12.4 Å². The number of ether oxygens (including phenoxy) is 1. The number of aromatic nitrogens is 6.